The van der Waals surface area contributed by atoms with Gasteiger partial charge in [0.15, 0.2) is 6.23 Å². The lowest BCUT2D eigenvalue weighted by Crippen LogP contribution is -2.38. The molecule has 1 aromatic heterocycles. The molecule has 1 unspecified atom stereocenters. The second-order valence-electron chi connectivity index (χ2n) is 8.75. The smallest absolute Gasteiger partial charge is 0.455 e. The molecule has 6 nitrogen and oxygen atoms in total. The first kappa shape index (κ1) is 25.4. The van der Waals surface area contributed by atoms with E-state index in [1.54, 1.807) is 36.6 Å². The molecule has 0 saturated carbocycles. The van der Waals surface area contributed by atoms with E-state index in [4.69, 9.17) is 4.74 Å². The zero-order valence-corrected chi connectivity index (χ0v) is 20.0. The van der Waals surface area contributed by atoms with Gasteiger partial charge in [-0.05, 0) is 24.3 Å². The Hall–Kier alpha value is -3.73. The van der Waals surface area contributed by atoms with Crippen molar-refractivity contribution < 1.29 is 31.9 Å². The van der Waals surface area contributed by atoms with Crippen LogP contribution in [0.2, 0.25) is 0 Å². The first-order valence-electron chi connectivity index (χ1n) is 10.8. The van der Waals surface area contributed by atoms with Gasteiger partial charge in [-0.15, -0.1) is 11.3 Å². The zero-order valence-electron chi connectivity index (χ0n) is 19.2. The number of carbonyl (C=O) groups excluding carboxylic acids is 2. The molecule has 1 aliphatic rings. The Morgan fingerprint density at radius 1 is 1.14 bits per heavy atom. The van der Waals surface area contributed by atoms with Gasteiger partial charge >= 0.3 is 6.18 Å². The zero-order chi connectivity index (χ0) is 26.1. The number of amides is 1. The molecule has 1 atom stereocenters. The second-order valence-corrected chi connectivity index (χ2v) is 9.78. The molecular formula is C25H21F4N3O3S. The molecule has 11 heteroatoms. The highest BCUT2D eigenvalue weighted by Gasteiger charge is 2.40. The number of ketones is 1. The van der Waals surface area contributed by atoms with Crippen LogP contribution in [-0.2, 0) is 4.74 Å². The molecule has 0 fully saturated rings. The van der Waals surface area contributed by atoms with E-state index >= 15 is 0 Å². The van der Waals surface area contributed by atoms with Gasteiger partial charge in [0, 0.05) is 34.8 Å². The van der Waals surface area contributed by atoms with Crippen molar-refractivity contribution >= 4 is 23.0 Å². The topological polar surface area (TPSA) is 80.3 Å². The van der Waals surface area contributed by atoms with Gasteiger partial charge in [-0.1, -0.05) is 38.1 Å². The molecule has 1 amide bonds. The summed E-state index contributed by atoms with van der Waals surface area (Å²) in [6, 6.07) is 12.2. The highest BCUT2D eigenvalue weighted by atomic mass is 32.1. The predicted octanol–water partition coefficient (Wildman–Crippen LogP) is 5.61. The summed E-state index contributed by atoms with van der Waals surface area (Å²) >= 11 is 0.612. The number of alkyl halides is 3. The van der Waals surface area contributed by atoms with Crippen molar-refractivity contribution in [2.45, 2.75) is 26.3 Å². The molecule has 188 valence electrons. The van der Waals surface area contributed by atoms with Crippen molar-refractivity contribution in [2.75, 3.05) is 6.54 Å². The first-order chi connectivity index (χ1) is 16.9. The lowest BCUT2D eigenvalue weighted by molar-refractivity contribution is -0.0882. The van der Waals surface area contributed by atoms with E-state index in [-0.39, 0.29) is 28.8 Å². The minimum absolute atomic E-state index is 0.196. The lowest BCUT2D eigenvalue weighted by atomic mass is 9.89. The third-order valence-electron chi connectivity index (χ3n) is 5.56. The quantitative estimate of drug-likeness (QED) is 0.313. The molecule has 3 aromatic rings. The van der Waals surface area contributed by atoms with E-state index in [9.17, 15) is 27.2 Å². The highest BCUT2D eigenvalue weighted by molar-refractivity contribution is 7.17. The maximum absolute atomic E-state index is 13.2. The van der Waals surface area contributed by atoms with Crippen molar-refractivity contribution in [3.05, 3.63) is 88.5 Å². The maximum atomic E-state index is 13.2. The Bertz CT molecular complexity index is 1320. The van der Waals surface area contributed by atoms with Crippen LogP contribution in [0, 0.1) is 11.2 Å². The Morgan fingerprint density at radius 3 is 2.56 bits per heavy atom. The largest absolute Gasteiger partial charge is 0.472 e. The minimum atomic E-state index is -4.98. The highest BCUT2D eigenvalue weighted by Crippen LogP contribution is 2.33. The van der Waals surface area contributed by atoms with Crippen LogP contribution in [0.15, 0.2) is 66.7 Å². The number of rotatable bonds is 7. The minimum Gasteiger partial charge on any atom is -0.472 e. The molecule has 4 rings (SSSR count). The Balaban J connectivity index is 1.39. The number of hydrogen-bond donors (Lipinski definition) is 2. The number of ether oxygens (including phenoxy) is 1. The molecular weight excluding hydrogens is 498 g/mol. The summed E-state index contributed by atoms with van der Waals surface area (Å²) in [5, 5.41) is 6.29. The molecule has 2 aromatic carbocycles. The van der Waals surface area contributed by atoms with Crippen LogP contribution in [0.3, 0.4) is 0 Å². The molecule has 2 heterocycles. The third kappa shape index (κ3) is 5.56. The van der Waals surface area contributed by atoms with Crippen LogP contribution in [0.25, 0.3) is 10.6 Å². The van der Waals surface area contributed by atoms with Gasteiger partial charge in [-0.25, -0.2) is 9.37 Å². The lowest BCUT2D eigenvalue weighted by Gasteiger charge is -2.27. The van der Waals surface area contributed by atoms with Gasteiger partial charge in [-0.2, -0.15) is 13.2 Å². The van der Waals surface area contributed by atoms with Gasteiger partial charge in [0.1, 0.15) is 22.0 Å². The van der Waals surface area contributed by atoms with Crippen molar-refractivity contribution in [2.24, 2.45) is 5.41 Å². The van der Waals surface area contributed by atoms with Crippen LogP contribution in [0.5, 0.6) is 0 Å². The standard InChI is InChI=1S/C25H21F4N3O3S/c1-24(2,19-12-35-22(32-19)14-6-8-17(26)9-7-14)13-31-21(34)15-4-3-5-16(10-15)23-30-11-18(36-23)20(33)25(27,28)29/h3-12,22,32H,13H2,1-2H3,(H,31,34). The van der Waals surface area contributed by atoms with E-state index in [0.717, 1.165) is 17.5 Å². The number of Topliss-reactive ketones (excluding diaryl/α,β-unsaturated/α-hetero) is 1. The molecule has 36 heavy (non-hydrogen) atoms. The summed E-state index contributed by atoms with van der Waals surface area (Å²) in [6.07, 6.45) is -3.00. The van der Waals surface area contributed by atoms with E-state index in [0.29, 0.717) is 16.9 Å². The van der Waals surface area contributed by atoms with Gasteiger partial charge in [-0.3, -0.25) is 9.59 Å². The molecule has 0 spiro atoms. The van der Waals surface area contributed by atoms with Crippen molar-refractivity contribution in [1.29, 1.82) is 0 Å². The average molecular weight is 520 g/mol. The number of nitrogens with one attached hydrogen (secondary N) is 2. The van der Waals surface area contributed by atoms with Crippen LogP contribution in [0.1, 0.15) is 45.7 Å². The number of halogens is 4. The Kier molecular flexibility index (Phi) is 6.85. The van der Waals surface area contributed by atoms with Gasteiger partial charge in [0.05, 0.1) is 5.70 Å². The van der Waals surface area contributed by atoms with Crippen LogP contribution >= 0.6 is 11.3 Å². The summed E-state index contributed by atoms with van der Waals surface area (Å²) in [6.45, 7) is 4.07. The summed E-state index contributed by atoms with van der Waals surface area (Å²) in [5.74, 6) is -2.69. The fourth-order valence-corrected chi connectivity index (χ4v) is 4.32. The number of aromatic nitrogens is 1. The van der Waals surface area contributed by atoms with Gasteiger partial charge in [0.2, 0.25) is 0 Å². The number of nitrogens with zero attached hydrogens (tertiary/aromatic N) is 1. The van der Waals surface area contributed by atoms with Gasteiger partial charge in [0.25, 0.3) is 11.7 Å². The maximum Gasteiger partial charge on any atom is 0.455 e. The third-order valence-corrected chi connectivity index (χ3v) is 6.61. The SMILES string of the molecule is CC(C)(CNC(=O)c1cccc(-c2ncc(C(=O)C(F)(F)F)s2)c1)C1=COC(c2ccc(F)cc2)N1. The summed E-state index contributed by atoms with van der Waals surface area (Å²) in [7, 11) is 0. The molecule has 2 N–H and O–H groups in total. The second kappa shape index (κ2) is 9.73. The van der Waals surface area contributed by atoms with Crippen LogP contribution in [0.4, 0.5) is 17.6 Å². The molecule has 1 aliphatic heterocycles. The van der Waals surface area contributed by atoms with Crippen molar-refractivity contribution in [1.82, 2.24) is 15.6 Å². The first-order valence-corrected chi connectivity index (χ1v) is 11.6. The van der Waals surface area contributed by atoms with Gasteiger partial charge < -0.3 is 15.4 Å². The average Bonchev–Trinajstić information content (AvgIpc) is 3.53. The van der Waals surface area contributed by atoms with E-state index in [1.807, 2.05) is 13.8 Å². The number of benzene rings is 2. The fraction of sp³-hybridized carbons (Fsp3) is 0.240. The molecule has 0 aliphatic carbocycles. The normalized spacial score (nSPS) is 15.6. The molecule has 0 bridgehead atoms. The monoisotopic (exact) mass is 519 g/mol. The van der Waals surface area contributed by atoms with Crippen LogP contribution in [-0.4, -0.2) is 29.4 Å². The Morgan fingerprint density at radius 2 is 1.86 bits per heavy atom. The van der Waals surface area contributed by atoms with Crippen molar-refractivity contribution in [3.63, 3.8) is 0 Å². The number of carbonyl (C=O) groups is 2. The summed E-state index contributed by atoms with van der Waals surface area (Å²) in [5.41, 5.74) is 1.67. The summed E-state index contributed by atoms with van der Waals surface area (Å²) in [4.78, 5) is 27.6. The number of hydrogen-bond acceptors (Lipinski definition) is 6. The Labute approximate surface area is 208 Å². The summed E-state index contributed by atoms with van der Waals surface area (Å²) < 4.78 is 56.9. The number of thiazole rings is 1. The molecule has 0 saturated heterocycles. The fourth-order valence-electron chi connectivity index (χ4n) is 3.44. The van der Waals surface area contributed by atoms with E-state index in [2.05, 4.69) is 15.6 Å². The van der Waals surface area contributed by atoms with Crippen molar-refractivity contribution in [3.8, 4) is 10.6 Å². The van der Waals surface area contributed by atoms with E-state index in [1.165, 1.54) is 18.2 Å². The van der Waals surface area contributed by atoms with E-state index < -0.39 is 28.5 Å². The predicted molar refractivity (Wildman–Crippen MR) is 125 cm³/mol. The van der Waals surface area contributed by atoms with Crippen LogP contribution < -0.4 is 10.6 Å². The molecule has 0 radical (unpaired) electrons.